The Morgan fingerprint density at radius 3 is 3.00 bits per heavy atom. The van der Waals surface area contributed by atoms with Crippen LogP contribution in [-0.2, 0) is 11.3 Å². The molecule has 1 aliphatic carbocycles. The second-order valence-corrected chi connectivity index (χ2v) is 6.19. The first-order valence-corrected chi connectivity index (χ1v) is 7.87. The second kappa shape index (κ2) is 6.74. The zero-order chi connectivity index (χ0) is 15.5. The Balaban J connectivity index is 1.78. The summed E-state index contributed by atoms with van der Waals surface area (Å²) in [6.07, 6.45) is 2.66. The average molecular weight is 304 g/mol. The Labute approximate surface area is 130 Å². The molecular formula is C17H21FN2O2. The minimum Gasteiger partial charge on any atom is -0.393 e. The van der Waals surface area contributed by atoms with Crippen LogP contribution >= 0.6 is 0 Å². The number of hydrogen-bond acceptors (Lipinski definition) is 4. The van der Waals surface area contributed by atoms with E-state index in [1.807, 2.05) is 0 Å². The summed E-state index contributed by atoms with van der Waals surface area (Å²) < 4.78 is 18.9. The number of aliphatic hydroxyl groups is 1. The minimum atomic E-state index is -0.384. The van der Waals surface area contributed by atoms with Gasteiger partial charge in [-0.1, -0.05) is 12.5 Å². The molecule has 3 atom stereocenters. The van der Waals surface area contributed by atoms with E-state index < -0.39 is 0 Å². The summed E-state index contributed by atoms with van der Waals surface area (Å²) in [5.74, 6) is -0.156. The molecule has 4 nitrogen and oxygen atoms in total. The van der Waals surface area contributed by atoms with Crippen LogP contribution in [0.2, 0.25) is 0 Å². The van der Waals surface area contributed by atoms with Gasteiger partial charge in [-0.2, -0.15) is 5.26 Å². The number of rotatable bonds is 3. The van der Waals surface area contributed by atoms with E-state index in [0.29, 0.717) is 25.3 Å². The predicted molar refractivity (Wildman–Crippen MR) is 79.5 cm³/mol. The first-order valence-electron chi connectivity index (χ1n) is 7.87. The molecule has 0 bridgehead atoms. The fraction of sp³-hybridized carbons (Fsp3) is 0.588. The topological polar surface area (TPSA) is 56.5 Å². The van der Waals surface area contributed by atoms with Gasteiger partial charge in [-0.25, -0.2) is 4.39 Å². The molecule has 0 aromatic heterocycles. The molecule has 0 amide bonds. The van der Waals surface area contributed by atoms with Crippen molar-refractivity contribution in [1.82, 2.24) is 4.90 Å². The Bertz CT molecular complexity index is 572. The molecule has 5 heteroatoms. The number of nitriles is 1. The Kier molecular flexibility index (Phi) is 4.72. The summed E-state index contributed by atoms with van der Waals surface area (Å²) in [5.41, 5.74) is 1.22. The van der Waals surface area contributed by atoms with Gasteiger partial charge < -0.3 is 9.84 Å². The van der Waals surface area contributed by atoms with Crippen molar-refractivity contribution in [1.29, 1.82) is 5.26 Å². The second-order valence-electron chi connectivity index (χ2n) is 6.19. The van der Waals surface area contributed by atoms with Gasteiger partial charge in [0.15, 0.2) is 0 Å². The summed E-state index contributed by atoms with van der Waals surface area (Å²) in [6, 6.07) is 6.61. The van der Waals surface area contributed by atoms with Crippen molar-refractivity contribution in [2.45, 2.75) is 38.0 Å². The molecule has 1 aromatic rings. The van der Waals surface area contributed by atoms with Crippen molar-refractivity contribution >= 4 is 0 Å². The van der Waals surface area contributed by atoms with E-state index in [4.69, 9.17) is 4.74 Å². The summed E-state index contributed by atoms with van der Waals surface area (Å²) in [7, 11) is 0. The van der Waals surface area contributed by atoms with Crippen LogP contribution in [0.5, 0.6) is 0 Å². The van der Waals surface area contributed by atoms with E-state index in [1.165, 1.54) is 12.1 Å². The van der Waals surface area contributed by atoms with E-state index in [9.17, 15) is 14.8 Å². The van der Waals surface area contributed by atoms with Gasteiger partial charge in [-0.3, -0.25) is 4.90 Å². The molecule has 0 radical (unpaired) electrons. The lowest BCUT2D eigenvalue weighted by Crippen LogP contribution is -2.50. The van der Waals surface area contributed by atoms with Gasteiger partial charge in [0.1, 0.15) is 5.82 Å². The van der Waals surface area contributed by atoms with Gasteiger partial charge in [-0.05, 0) is 30.5 Å². The smallest absolute Gasteiger partial charge is 0.124 e. The van der Waals surface area contributed by atoms with Crippen molar-refractivity contribution in [3.63, 3.8) is 0 Å². The largest absolute Gasteiger partial charge is 0.393 e. The van der Waals surface area contributed by atoms with Crippen LogP contribution in [0.3, 0.4) is 0 Å². The molecule has 0 spiro atoms. The van der Waals surface area contributed by atoms with Gasteiger partial charge in [-0.15, -0.1) is 0 Å². The van der Waals surface area contributed by atoms with Gasteiger partial charge in [0, 0.05) is 25.0 Å². The SMILES string of the molecule is N#Cc1cc(F)ccc1CN1CCOC[C@@H]1[C@@H]1CCC[C@@H]1O. The third-order valence-corrected chi connectivity index (χ3v) is 4.87. The molecule has 1 aliphatic heterocycles. The number of aliphatic hydroxyl groups excluding tert-OH is 1. The molecule has 1 saturated carbocycles. The Hall–Kier alpha value is -1.48. The number of morpholine rings is 1. The predicted octanol–water partition coefficient (Wildman–Crippen LogP) is 2.06. The zero-order valence-electron chi connectivity index (χ0n) is 12.5. The van der Waals surface area contributed by atoms with Crippen LogP contribution in [0.25, 0.3) is 0 Å². The third-order valence-electron chi connectivity index (χ3n) is 4.87. The highest BCUT2D eigenvalue weighted by atomic mass is 19.1. The maximum atomic E-state index is 13.3. The van der Waals surface area contributed by atoms with Crippen LogP contribution in [0, 0.1) is 23.1 Å². The number of hydrogen-bond donors (Lipinski definition) is 1. The standard InChI is InChI=1S/C17H21FN2O2/c18-14-5-4-12(13(8-14)9-19)10-20-6-7-22-11-16(20)15-2-1-3-17(15)21/h4-5,8,15-17,21H,1-3,6-7,10-11H2/t15-,16+,17-/m0/s1. The van der Waals surface area contributed by atoms with Gasteiger partial charge in [0.05, 0.1) is 31.0 Å². The Morgan fingerprint density at radius 2 is 2.27 bits per heavy atom. The molecule has 1 aromatic carbocycles. The van der Waals surface area contributed by atoms with Crippen LogP contribution in [0.15, 0.2) is 18.2 Å². The lowest BCUT2D eigenvalue weighted by molar-refractivity contribution is -0.0536. The third kappa shape index (κ3) is 3.14. The molecule has 2 aliphatic rings. The van der Waals surface area contributed by atoms with E-state index >= 15 is 0 Å². The first kappa shape index (κ1) is 15.4. The number of benzene rings is 1. The van der Waals surface area contributed by atoms with Gasteiger partial charge >= 0.3 is 0 Å². The van der Waals surface area contributed by atoms with Crippen LogP contribution < -0.4 is 0 Å². The van der Waals surface area contributed by atoms with Crippen LogP contribution in [0.1, 0.15) is 30.4 Å². The maximum Gasteiger partial charge on any atom is 0.124 e. The highest BCUT2D eigenvalue weighted by Crippen LogP contribution is 2.33. The van der Waals surface area contributed by atoms with Crippen molar-refractivity contribution in [2.24, 2.45) is 5.92 Å². The number of nitrogens with zero attached hydrogens (tertiary/aromatic N) is 2. The molecule has 1 heterocycles. The molecule has 0 unspecified atom stereocenters. The van der Waals surface area contributed by atoms with Gasteiger partial charge in [0.25, 0.3) is 0 Å². The van der Waals surface area contributed by atoms with E-state index in [1.54, 1.807) is 6.07 Å². The van der Waals surface area contributed by atoms with Crippen LogP contribution in [0.4, 0.5) is 4.39 Å². The fourth-order valence-electron chi connectivity index (χ4n) is 3.68. The molecule has 1 N–H and O–H groups in total. The van der Waals surface area contributed by atoms with Crippen molar-refractivity contribution < 1.29 is 14.2 Å². The van der Waals surface area contributed by atoms with Crippen LogP contribution in [-0.4, -0.2) is 41.9 Å². The molecule has 3 rings (SSSR count). The van der Waals surface area contributed by atoms with E-state index in [-0.39, 0.29) is 23.9 Å². The lowest BCUT2D eigenvalue weighted by Gasteiger charge is -2.40. The molecule has 118 valence electrons. The zero-order valence-corrected chi connectivity index (χ0v) is 12.5. The van der Waals surface area contributed by atoms with Crippen molar-refractivity contribution in [3.05, 3.63) is 35.1 Å². The Morgan fingerprint density at radius 1 is 1.41 bits per heavy atom. The minimum absolute atomic E-state index is 0.169. The summed E-state index contributed by atoms with van der Waals surface area (Å²) in [5, 5.41) is 19.4. The van der Waals surface area contributed by atoms with E-state index in [2.05, 4.69) is 11.0 Å². The lowest BCUT2D eigenvalue weighted by atomic mass is 9.93. The molecule has 1 saturated heterocycles. The van der Waals surface area contributed by atoms with Crippen molar-refractivity contribution in [2.75, 3.05) is 19.8 Å². The highest BCUT2D eigenvalue weighted by Gasteiger charge is 2.37. The number of halogens is 1. The fourth-order valence-corrected chi connectivity index (χ4v) is 3.68. The van der Waals surface area contributed by atoms with E-state index in [0.717, 1.165) is 31.4 Å². The monoisotopic (exact) mass is 304 g/mol. The molecular weight excluding hydrogens is 283 g/mol. The first-order chi connectivity index (χ1) is 10.7. The molecule has 2 fully saturated rings. The average Bonchev–Trinajstić information content (AvgIpc) is 2.95. The summed E-state index contributed by atoms with van der Waals surface area (Å²) in [6.45, 7) is 2.64. The summed E-state index contributed by atoms with van der Waals surface area (Å²) in [4.78, 5) is 2.27. The molecule has 22 heavy (non-hydrogen) atoms. The highest BCUT2D eigenvalue weighted by molar-refractivity contribution is 5.37. The maximum absolute atomic E-state index is 13.3. The normalized spacial score (nSPS) is 29.4. The van der Waals surface area contributed by atoms with Gasteiger partial charge in [0.2, 0.25) is 0 Å². The quantitative estimate of drug-likeness (QED) is 0.928. The summed E-state index contributed by atoms with van der Waals surface area (Å²) >= 11 is 0. The number of ether oxygens (including phenoxy) is 1. The van der Waals surface area contributed by atoms with Crippen molar-refractivity contribution in [3.8, 4) is 6.07 Å².